The van der Waals surface area contributed by atoms with Crippen LogP contribution in [0, 0.1) is 0 Å². The van der Waals surface area contributed by atoms with E-state index in [1.807, 2.05) is 6.92 Å². The molecule has 0 aromatic carbocycles. The van der Waals surface area contributed by atoms with Crippen LogP contribution >= 0.6 is 0 Å². The van der Waals surface area contributed by atoms with Gasteiger partial charge in [-0.15, -0.1) is 0 Å². The zero-order valence-electron chi connectivity index (χ0n) is 8.08. The summed E-state index contributed by atoms with van der Waals surface area (Å²) in [5.74, 6) is -0.475. The van der Waals surface area contributed by atoms with Crippen LogP contribution in [-0.2, 0) is 14.3 Å². The monoisotopic (exact) mass is 185 g/mol. The Balaban J connectivity index is 3.67. The molecular weight excluding hydrogens is 170 g/mol. The molecule has 0 atom stereocenters. The third-order valence-electron chi connectivity index (χ3n) is 1.60. The Labute approximate surface area is 78.2 Å². The van der Waals surface area contributed by atoms with Crippen molar-refractivity contribution in [1.29, 1.82) is 0 Å². The van der Waals surface area contributed by atoms with E-state index in [-0.39, 0.29) is 12.5 Å². The fraction of sp³-hybridized carbons (Fsp3) is 0.556. The molecule has 4 nitrogen and oxygen atoms in total. The number of esters is 1. The summed E-state index contributed by atoms with van der Waals surface area (Å²) < 4.78 is 4.72. The first-order valence-electron chi connectivity index (χ1n) is 4.16. The second-order valence-electron chi connectivity index (χ2n) is 2.47. The van der Waals surface area contributed by atoms with Crippen LogP contribution in [0.4, 0.5) is 0 Å². The number of hydrogen-bond acceptors (Lipinski definition) is 3. The van der Waals surface area contributed by atoms with Gasteiger partial charge in [0.2, 0.25) is 5.91 Å². The molecule has 4 heteroatoms. The van der Waals surface area contributed by atoms with Crippen LogP contribution in [0.25, 0.3) is 0 Å². The number of carbonyl (C=O) groups excluding carboxylic acids is 2. The van der Waals surface area contributed by atoms with Crippen LogP contribution in [0.5, 0.6) is 0 Å². The second-order valence-corrected chi connectivity index (χ2v) is 2.47. The van der Waals surface area contributed by atoms with E-state index in [1.54, 1.807) is 4.90 Å². The number of hydrogen-bond donors (Lipinski definition) is 0. The summed E-state index contributed by atoms with van der Waals surface area (Å²) in [5, 5.41) is 0. The zero-order chi connectivity index (χ0) is 10.3. The Morgan fingerprint density at radius 3 is 2.54 bits per heavy atom. The molecule has 0 N–H and O–H groups in total. The highest BCUT2D eigenvalue weighted by Gasteiger charge is 2.05. The average molecular weight is 185 g/mol. The maximum absolute atomic E-state index is 10.9. The molecule has 0 aliphatic heterocycles. The van der Waals surface area contributed by atoms with E-state index in [1.165, 1.54) is 6.92 Å². The Hall–Kier alpha value is -1.32. The molecule has 0 spiro atoms. The number of rotatable bonds is 5. The van der Waals surface area contributed by atoms with E-state index < -0.39 is 5.97 Å². The minimum absolute atomic E-state index is 0.0165. The largest absolute Gasteiger partial charge is 0.461 e. The normalized spacial score (nSPS) is 9.08. The van der Waals surface area contributed by atoms with Gasteiger partial charge in [-0.3, -0.25) is 4.79 Å². The van der Waals surface area contributed by atoms with E-state index in [2.05, 4.69) is 6.58 Å². The van der Waals surface area contributed by atoms with Gasteiger partial charge in [0.15, 0.2) is 0 Å². The minimum Gasteiger partial charge on any atom is -0.461 e. The molecule has 0 radical (unpaired) electrons. The first kappa shape index (κ1) is 11.7. The smallest absolute Gasteiger partial charge is 0.330 e. The van der Waals surface area contributed by atoms with Crippen molar-refractivity contribution in [3.8, 4) is 0 Å². The summed E-state index contributed by atoms with van der Waals surface area (Å²) in [6, 6.07) is 0. The molecule has 0 aromatic rings. The van der Waals surface area contributed by atoms with E-state index in [0.29, 0.717) is 13.1 Å². The summed E-state index contributed by atoms with van der Waals surface area (Å²) in [4.78, 5) is 23.1. The van der Waals surface area contributed by atoms with Gasteiger partial charge in [-0.1, -0.05) is 6.58 Å². The molecule has 0 bridgehead atoms. The van der Waals surface area contributed by atoms with Gasteiger partial charge in [0.1, 0.15) is 6.61 Å². The maximum atomic E-state index is 10.9. The van der Waals surface area contributed by atoms with Crippen LogP contribution in [-0.4, -0.2) is 36.5 Å². The Morgan fingerprint density at radius 2 is 2.15 bits per heavy atom. The number of ether oxygens (including phenoxy) is 1. The van der Waals surface area contributed by atoms with Gasteiger partial charge in [-0.25, -0.2) is 4.79 Å². The standard InChI is InChI=1S/C9H15NO3/c1-4-9(12)13-7-6-10(5-2)8(3)11/h4H,1,5-7H2,2-3H3. The summed E-state index contributed by atoms with van der Waals surface area (Å²) in [6.07, 6.45) is 1.10. The first-order chi connectivity index (χ1) is 6.11. The van der Waals surface area contributed by atoms with Crippen molar-refractivity contribution in [1.82, 2.24) is 4.90 Å². The van der Waals surface area contributed by atoms with Crippen molar-refractivity contribution in [2.45, 2.75) is 13.8 Å². The van der Waals surface area contributed by atoms with E-state index >= 15 is 0 Å². The molecule has 0 aliphatic rings. The molecule has 0 fully saturated rings. The van der Waals surface area contributed by atoms with Gasteiger partial charge < -0.3 is 9.64 Å². The predicted octanol–water partition coefficient (Wildman–Crippen LogP) is 0.584. The number of carbonyl (C=O) groups is 2. The van der Waals surface area contributed by atoms with Gasteiger partial charge >= 0.3 is 5.97 Å². The highest BCUT2D eigenvalue weighted by atomic mass is 16.5. The Morgan fingerprint density at radius 1 is 1.54 bits per heavy atom. The van der Waals surface area contributed by atoms with Crippen LogP contribution in [0.15, 0.2) is 12.7 Å². The van der Waals surface area contributed by atoms with Crippen LogP contribution < -0.4 is 0 Å². The minimum atomic E-state index is -0.459. The fourth-order valence-corrected chi connectivity index (χ4v) is 0.854. The van der Waals surface area contributed by atoms with Gasteiger partial charge in [-0.05, 0) is 6.92 Å². The Kier molecular flexibility index (Phi) is 5.59. The highest BCUT2D eigenvalue weighted by Crippen LogP contribution is 1.89. The second kappa shape index (κ2) is 6.22. The van der Waals surface area contributed by atoms with Crippen molar-refractivity contribution in [2.75, 3.05) is 19.7 Å². The lowest BCUT2D eigenvalue weighted by Crippen LogP contribution is -2.32. The maximum Gasteiger partial charge on any atom is 0.330 e. The van der Waals surface area contributed by atoms with E-state index in [0.717, 1.165) is 6.08 Å². The number of amides is 1. The summed E-state index contributed by atoms with van der Waals surface area (Å²) in [6.45, 7) is 7.90. The lowest BCUT2D eigenvalue weighted by Gasteiger charge is -2.17. The lowest BCUT2D eigenvalue weighted by molar-refractivity contribution is -0.140. The fourth-order valence-electron chi connectivity index (χ4n) is 0.854. The topological polar surface area (TPSA) is 46.6 Å². The van der Waals surface area contributed by atoms with E-state index in [4.69, 9.17) is 4.74 Å². The van der Waals surface area contributed by atoms with Gasteiger partial charge in [-0.2, -0.15) is 0 Å². The van der Waals surface area contributed by atoms with Gasteiger partial charge in [0.25, 0.3) is 0 Å². The molecular formula is C9H15NO3. The lowest BCUT2D eigenvalue weighted by atomic mass is 10.5. The first-order valence-corrected chi connectivity index (χ1v) is 4.16. The summed E-state index contributed by atoms with van der Waals surface area (Å²) >= 11 is 0. The van der Waals surface area contributed by atoms with Crippen LogP contribution in [0.1, 0.15) is 13.8 Å². The van der Waals surface area contributed by atoms with Gasteiger partial charge in [0.05, 0.1) is 6.54 Å². The van der Waals surface area contributed by atoms with Crippen molar-refractivity contribution in [2.24, 2.45) is 0 Å². The van der Waals surface area contributed by atoms with Crippen molar-refractivity contribution >= 4 is 11.9 Å². The van der Waals surface area contributed by atoms with Crippen molar-refractivity contribution in [3.63, 3.8) is 0 Å². The molecule has 13 heavy (non-hydrogen) atoms. The van der Waals surface area contributed by atoms with Crippen LogP contribution in [0.2, 0.25) is 0 Å². The number of likely N-dealkylation sites (N-methyl/N-ethyl adjacent to an activating group) is 1. The molecule has 0 rings (SSSR count). The molecule has 0 unspecified atom stereocenters. The van der Waals surface area contributed by atoms with Crippen molar-refractivity contribution in [3.05, 3.63) is 12.7 Å². The third kappa shape index (κ3) is 5.00. The highest BCUT2D eigenvalue weighted by molar-refractivity contribution is 5.81. The molecule has 1 amide bonds. The summed E-state index contributed by atoms with van der Waals surface area (Å²) in [5.41, 5.74) is 0. The molecule has 0 saturated heterocycles. The quantitative estimate of drug-likeness (QED) is 0.465. The third-order valence-corrected chi connectivity index (χ3v) is 1.60. The molecule has 74 valence electrons. The zero-order valence-corrected chi connectivity index (χ0v) is 8.08. The molecule has 0 aromatic heterocycles. The van der Waals surface area contributed by atoms with Gasteiger partial charge in [0, 0.05) is 19.5 Å². The van der Waals surface area contributed by atoms with E-state index in [9.17, 15) is 9.59 Å². The average Bonchev–Trinajstić information content (AvgIpc) is 2.11. The SMILES string of the molecule is C=CC(=O)OCCN(CC)C(C)=O. The van der Waals surface area contributed by atoms with Crippen LogP contribution in [0.3, 0.4) is 0 Å². The summed E-state index contributed by atoms with van der Waals surface area (Å²) in [7, 11) is 0. The molecule has 0 heterocycles. The predicted molar refractivity (Wildman–Crippen MR) is 49.1 cm³/mol. The number of nitrogens with zero attached hydrogens (tertiary/aromatic N) is 1. The Bertz CT molecular complexity index is 201. The molecule has 0 saturated carbocycles. The molecule has 0 aliphatic carbocycles. The van der Waals surface area contributed by atoms with Crippen molar-refractivity contribution < 1.29 is 14.3 Å².